The van der Waals surface area contributed by atoms with Crippen LogP contribution in [-0.2, 0) is 9.53 Å². The molecule has 1 heterocycles. The Kier molecular flexibility index (Phi) is 5.09. The molecule has 2 amide bonds. The van der Waals surface area contributed by atoms with Gasteiger partial charge in [0, 0.05) is 5.70 Å². The number of ether oxygens (including phenoxy) is 1. The molecule has 1 fully saturated rings. The Morgan fingerprint density at radius 3 is 2.73 bits per heavy atom. The van der Waals surface area contributed by atoms with Gasteiger partial charge in [0.1, 0.15) is 11.6 Å². The smallest absolute Gasteiger partial charge is 0.338 e. The first-order valence-corrected chi connectivity index (χ1v) is 7.65. The summed E-state index contributed by atoms with van der Waals surface area (Å²) in [5.41, 5.74) is -0.313. The van der Waals surface area contributed by atoms with Crippen molar-refractivity contribution in [2.45, 2.75) is 57.6 Å². The lowest BCUT2D eigenvalue weighted by molar-refractivity contribution is -0.138. The summed E-state index contributed by atoms with van der Waals surface area (Å²) in [6, 6.07) is -1.18. The fraction of sp³-hybridized carbons (Fsp3) is 0.625. The number of urea groups is 1. The molecule has 1 aliphatic heterocycles. The van der Waals surface area contributed by atoms with Gasteiger partial charge in [0.25, 0.3) is 0 Å². The fourth-order valence-corrected chi connectivity index (χ4v) is 2.75. The second-order valence-corrected chi connectivity index (χ2v) is 5.65. The minimum absolute atomic E-state index is 0.244. The number of amides is 2. The summed E-state index contributed by atoms with van der Waals surface area (Å²) in [4.78, 5) is 23.7. The van der Waals surface area contributed by atoms with Crippen LogP contribution in [0.25, 0.3) is 0 Å². The van der Waals surface area contributed by atoms with Crippen LogP contribution in [0.4, 0.5) is 4.79 Å². The molecule has 2 rings (SSSR count). The van der Waals surface area contributed by atoms with Gasteiger partial charge in [-0.25, -0.2) is 9.59 Å². The standard InChI is InChI=1S/C16H22N2O4/c1-3-22-14(19)13-11(2)17-15(20)18-12(13)7-10-16(21)8-5-4-6-9-16/h12,21H,3-6,8-9H2,1-2H3,(H2,17,18,20). The van der Waals surface area contributed by atoms with Crippen molar-refractivity contribution in [2.75, 3.05) is 6.61 Å². The van der Waals surface area contributed by atoms with E-state index in [1.807, 2.05) is 0 Å². The normalized spacial score (nSPS) is 23.8. The van der Waals surface area contributed by atoms with E-state index in [2.05, 4.69) is 22.5 Å². The van der Waals surface area contributed by atoms with Crippen LogP contribution in [0.2, 0.25) is 0 Å². The zero-order chi connectivity index (χ0) is 16.2. The second-order valence-electron chi connectivity index (χ2n) is 5.65. The summed E-state index contributed by atoms with van der Waals surface area (Å²) in [5.74, 6) is 5.20. The summed E-state index contributed by atoms with van der Waals surface area (Å²) in [7, 11) is 0. The molecule has 0 radical (unpaired) electrons. The van der Waals surface area contributed by atoms with E-state index < -0.39 is 23.6 Å². The Balaban J connectivity index is 2.25. The average Bonchev–Trinajstić information content (AvgIpc) is 2.45. The topological polar surface area (TPSA) is 87.7 Å². The van der Waals surface area contributed by atoms with Gasteiger partial charge in [-0.1, -0.05) is 18.3 Å². The molecule has 3 N–H and O–H groups in total. The van der Waals surface area contributed by atoms with Gasteiger partial charge >= 0.3 is 12.0 Å². The number of hydrogen-bond acceptors (Lipinski definition) is 4. The maximum Gasteiger partial charge on any atom is 0.338 e. The van der Waals surface area contributed by atoms with Crippen LogP contribution >= 0.6 is 0 Å². The molecule has 0 aromatic carbocycles. The van der Waals surface area contributed by atoms with Crippen LogP contribution in [0, 0.1) is 11.8 Å². The van der Waals surface area contributed by atoms with Crippen molar-refractivity contribution >= 4 is 12.0 Å². The third kappa shape index (κ3) is 3.80. The molecule has 2 aliphatic rings. The van der Waals surface area contributed by atoms with Crippen molar-refractivity contribution in [3.05, 3.63) is 11.3 Å². The lowest BCUT2D eigenvalue weighted by atomic mass is 9.85. The van der Waals surface area contributed by atoms with Gasteiger partial charge in [-0.15, -0.1) is 0 Å². The van der Waals surface area contributed by atoms with E-state index in [1.54, 1.807) is 13.8 Å². The van der Waals surface area contributed by atoms with Crippen LogP contribution in [-0.4, -0.2) is 35.4 Å². The van der Waals surface area contributed by atoms with Gasteiger partial charge in [-0.2, -0.15) is 0 Å². The second kappa shape index (κ2) is 6.84. The van der Waals surface area contributed by atoms with E-state index in [-0.39, 0.29) is 12.2 Å². The fourth-order valence-electron chi connectivity index (χ4n) is 2.75. The Morgan fingerprint density at radius 2 is 2.09 bits per heavy atom. The van der Waals surface area contributed by atoms with E-state index >= 15 is 0 Å². The summed E-state index contributed by atoms with van der Waals surface area (Å²) in [6.07, 6.45) is 4.21. The first-order valence-electron chi connectivity index (χ1n) is 7.65. The molecule has 0 aromatic heterocycles. The lowest BCUT2D eigenvalue weighted by Crippen LogP contribution is -2.49. The molecule has 6 heteroatoms. The molecule has 0 spiro atoms. The average molecular weight is 306 g/mol. The maximum atomic E-state index is 12.1. The number of nitrogens with one attached hydrogen (secondary N) is 2. The van der Waals surface area contributed by atoms with Crippen LogP contribution < -0.4 is 10.6 Å². The first kappa shape index (κ1) is 16.4. The zero-order valence-corrected chi connectivity index (χ0v) is 13.0. The third-order valence-electron chi connectivity index (χ3n) is 3.89. The number of allylic oxidation sites excluding steroid dienone is 1. The van der Waals surface area contributed by atoms with E-state index in [4.69, 9.17) is 4.74 Å². The summed E-state index contributed by atoms with van der Waals surface area (Å²) >= 11 is 0. The first-order chi connectivity index (χ1) is 10.4. The third-order valence-corrected chi connectivity index (χ3v) is 3.89. The van der Waals surface area contributed by atoms with Crippen molar-refractivity contribution in [3.63, 3.8) is 0 Å². The number of esters is 1. The van der Waals surface area contributed by atoms with Crippen molar-refractivity contribution < 1.29 is 19.4 Å². The summed E-state index contributed by atoms with van der Waals surface area (Å²) in [5, 5.41) is 15.6. The molecule has 6 nitrogen and oxygen atoms in total. The molecule has 1 aliphatic carbocycles. The highest BCUT2D eigenvalue weighted by Crippen LogP contribution is 2.27. The molecule has 22 heavy (non-hydrogen) atoms. The summed E-state index contributed by atoms with van der Waals surface area (Å²) in [6.45, 7) is 3.59. The largest absolute Gasteiger partial charge is 0.462 e. The molecule has 0 aromatic rings. The van der Waals surface area contributed by atoms with Crippen molar-refractivity contribution in [2.24, 2.45) is 0 Å². The van der Waals surface area contributed by atoms with Crippen LogP contribution in [0.5, 0.6) is 0 Å². The van der Waals surface area contributed by atoms with Crippen molar-refractivity contribution in [1.82, 2.24) is 10.6 Å². The maximum absolute atomic E-state index is 12.1. The Hall–Kier alpha value is -2.00. The van der Waals surface area contributed by atoms with E-state index in [0.29, 0.717) is 18.5 Å². The Morgan fingerprint density at radius 1 is 1.41 bits per heavy atom. The molecule has 1 atom stereocenters. The number of rotatable bonds is 2. The molecule has 0 bridgehead atoms. The number of hydrogen-bond donors (Lipinski definition) is 3. The highest BCUT2D eigenvalue weighted by Gasteiger charge is 2.31. The Labute approximate surface area is 130 Å². The van der Waals surface area contributed by atoms with E-state index in [9.17, 15) is 14.7 Å². The number of aliphatic hydroxyl groups is 1. The lowest BCUT2D eigenvalue weighted by Gasteiger charge is -2.28. The van der Waals surface area contributed by atoms with Crippen molar-refractivity contribution in [1.29, 1.82) is 0 Å². The zero-order valence-electron chi connectivity index (χ0n) is 13.0. The molecular formula is C16H22N2O4. The highest BCUT2D eigenvalue weighted by atomic mass is 16.5. The predicted octanol–water partition coefficient (Wildman–Crippen LogP) is 1.20. The Bertz CT molecular complexity index is 550. The minimum Gasteiger partial charge on any atom is -0.462 e. The van der Waals surface area contributed by atoms with Gasteiger partial charge in [-0.05, 0) is 39.5 Å². The van der Waals surface area contributed by atoms with Gasteiger partial charge in [0.15, 0.2) is 0 Å². The number of carbonyl (C=O) groups is 2. The molecule has 0 saturated heterocycles. The monoisotopic (exact) mass is 306 g/mol. The predicted molar refractivity (Wildman–Crippen MR) is 80.6 cm³/mol. The SMILES string of the molecule is CCOC(=O)C1=C(C)NC(=O)NC1C#CC1(O)CCCCC1. The quantitative estimate of drug-likeness (QED) is 0.528. The summed E-state index contributed by atoms with van der Waals surface area (Å²) < 4.78 is 5.02. The number of carbonyl (C=O) groups excluding carboxylic acids is 2. The van der Waals surface area contributed by atoms with E-state index in [1.165, 1.54) is 0 Å². The van der Waals surface area contributed by atoms with Crippen LogP contribution in [0.1, 0.15) is 46.0 Å². The van der Waals surface area contributed by atoms with Crippen LogP contribution in [0.15, 0.2) is 11.3 Å². The highest BCUT2D eigenvalue weighted by molar-refractivity contribution is 5.95. The van der Waals surface area contributed by atoms with Crippen molar-refractivity contribution in [3.8, 4) is 11.8 Å². The van der Waals surface area contributed by atoms with E-state index in [0.717, 1.165) is 19.3 Å². The van der Waals surface area contributed by atoms with Gasteiger partial charge in [-0.3, -0.25) is 0 Å². The van der Waals surface area contributed by atoms with Gasteiger partial charge < -0.3 is 20.5 Å². The van der Waals surface area contributed by atoms with Crippen LogP contribution in [0.3, 0.4) is 0 Å². The van der Waals surface area contributed by atoms with Gasteiger partial charge in [0.05, 0.1) is 12.2 Å². The van der Waals surface area contributed by atoms with Gasteiger partial charge in [0.2, 0.25) is 0 Å². The minimum atomic E-state index is -1.03. The molecular weight excluding hydrogens is 284 g/mol. The molecule has 1 unspecified atom stereocenters. The molecule has 1 saturated carbocycles. The molecule has 120 valence electrons.